The van der Waals surface area contributed by atoms with Crippen molar-refractivity contribution >= 4 is 17.5 Å². The van der Waals surface area contributed by atoms with Gasteiger partial charge < -0.3 is 10.2 Å². The van der Waals surface area contributed by atoms with Gasteiger partial charge in [0.15, 0.2) is 11.5 Å². The smallest absolute Gasteiger partial charge is 0.372 e. The Hall–Kier alpha value is -1.89. The Bertz CT molecular complexity index is 835. The number of carbonyl (C=O) groups excluding carboxylic acids is 2. The van der Waals surface area contributed by atoms with Gasteiger partial charge in [-0.05, 0) is 61.7 Å². The summed E-state index contributed by atoms with van der Waals surface area (Å²) in [6.45, 7) is 3.24. The van der Waals surface area contributed by atoms with E-state index in [1.165, 1.54) is 19.1 Å². The highest BCUT2D eigenvalue weighted by Gasteiger charge is 2.72. The minimum absolute atomic E-state index is 0.0533. The molecular formula is C21H24F2O5. The number of halogens is 2. The molecule has 3 fully saturated rings. The molecule has 0 heterocycles. The number of alkyl halides is 2. The number of carboxylic acids is 1. The first kappa shape index (κ1) is 19.4. The van der Waals surface area contributed by atoms with Crippen molar-refractivity contribution in [3.05, 3.63) is 23.8 Å². The van der Waals surface area contributed by atoms with E-state index in [2.05, 4.69) is 0 Å². The Balaban J connectivity index is 1.81. The van der Waals surface area contributed by atoms with Gasteiger partial charge in [-0.2, -0.15) is 0 Å². The average molecular weight is 394 g/mol. The second kappa shape index (κ2) is 5.81. The van der Waals surface area contributed by atoms with E-state index < -0.39 is 64.1 Å². The van der Waals surface area contributed by atoms with Crippen LogP contribution in [0.5, 0.6) is 0 Å². The molecule has 0 aromatic carbocycles. The zero-order chi connectivity index (χ0) is 20.6. The summed E-state index contributed by atoms with van der Waals surface area (Å²) in [5.41, 5.74) is -4.50. The van der Waals surface area contributed by atoms with Crippen molar-refractivity contribution in [1.82, 2.24) is 0 Å². The first-order chi connectivity index (χ1) is 13.0. The predicted octanol–water partition coefficient (Wildman–Crippen LogP) is 2.58. The molecule has 4 aliphatic carbocycles. The van der Waals surface area contributed by atoms with Gasteiger partial charge >= 0.3 is 5.97 Å². The van der Waals surface area contributed by atoms with Crippen molar-refractivity contribution in [2.75, 3.05) is 0 Å². The van der Waals surface area contributed by atoms with Crippen LogP contribution in [0.25, 0.3) is 0 Å². The maximum atomic E-state index is 16.7. The van der Waals surface area contributed by atoms with Crippen LogP contribution >= 0.6 is 0 Å². The van der Waals surface area contributed by atoms with Gasteiger partial charge in [-0.25, -0.2) is 13.6 Å². The van der Waals surface area contributed by atoms with Gasteiger partial charge in [-0.3, -0.25) is 9.59 Å². The van der Waals surface area contributed by atoms with Crippen LogP contribution in [-0.2, 0) is 14.4 Å². The SMILES string of the molecule is C[C@]12C[C@H](O)[C@@]3(F)[C@@H](C[C@H](F)C4=CC(=O)C=C[C@@]43C)[C@@H]1CC[C@@H]2C(=O)C(=O)O. The zero-order valence-electron chi connectivity index (χ0n) is 15.8. The molecular weight excluding hydrogens is 370 g/mol. The van der Waals surface area contributed by atoms with E-state index in [-0.39, 0.29) is 24.8 Å². The Morgan fingerprint density at radius 2 is 1.89 bits per heavy atom. The number of hydrogen-bond acceptors (Lipinski definition) is 4. The summed E-state index contributed by atoms with van der Waals surface area (Å²) in [6.07, 6.45) is 1.12. The molecule has 28 heavy (non-hydrogen) atoms. The maximum absolute atomic E-state index is 16.7. The second-order valence-electron chi connectivity index (χ2n) is 9.25. The van der Waals surface area contributed by atoms with Crippen LogP contribution in [0.2, 0.25) is 0 Å². The molecule has 4 aliphatic rings. The van der Waals surface area contributed by atoms with Crippen molar-refractivity contribution in [2.24, 2.45) is 28.6 Å². The van der Waals surface area contributed by atoms with Crippen LogP contribution in [0.1, 0.15) is 39.5 Å². The number of allylic oxidation sites excluding steroid dienone is 4. The molecule has 0 saturated heterocycles. The number of carboxylic acid groups (broad SMARTS) is 1. The van der Waals surface area contributed by atoms with Crippen LogP contribution in [0.4, 0.5) is 8.78 Å². The summed E-state index contributed by atoms with van der Waals surface area (Å²) in [5, 5.41) is 20.1. The summed E-state index contributed by atoms with van der Waals surface area (Å²) < 4.78 is 31.8. The van der Waals surface area contributed by atoms with E-state index in [1.54, 1.807) is 6.92 Å². The van der Waals surface area contributed by atoms with Gasteiger partial charge in [0, 0.05) is 17.3 Å². The van der Waals surface area contributed by atoms with E-state index >= 15 is 8.78 Å². The van der Waals surface area contributed by atoms with Crippen molar-refractivity contribution in [1.29, 1.82) is 0 Å². The van der Waals surface area contributed by atoms with Gasteiger partial charge in [0.1, 0.15) is 6.17 Å². The van der Waals surface area contributed by atoms with E-state index in [4.69, 9.17) is 5.11 Å². The maximum Gasteiger partial charge on any atom is 0.372 e. The Morgan fingerprint density at radius 3 is 2.54 bits per heavy atom. The quantitative estimate of drug-likeness (QED) is 0.703. The van der Waals surface area contributed by atoms with E-state index in [0.29, 0.717) is 6.42 Å². The normalized spacial score (nSPS) is 49.7. The monoisotopic (exact) mass is 394 g/mol. The standard InChI is InChI=1S/C21H24F2O5/c1-19-9-16(25)21(23)13(11(19)3-4-12(19)17(26)18(27)28)8-15(22)14-7-10(24)5-6-20(14,21)2/h5-7,11-13,15-16,25H,3-4,8-9H2,1-2H3,(H,27,28)/t11-,12+,13-,15-,16-,19-,20-,21-/m0/s1. The molecule has 5 nitrogen and oxygen atoms in total. The number of fused-ring (bicyclic) bond motifs is 5. The highest BCUT2D eigenvalue weighted by atomic mass is 19.1. The molecule has 3 saturated carbocycles. The molecule has 7 heteroatoms. The predicted molar refractivity (Wildman–Crippen MR) is 94.8 cm³/mol. The fourth-order valence-corrected chi connectivity index (χ4v) is 6.78. The Labute approximate surface area is 161 Å². The molecule has 0 unspecified atom stereocenters. The molecule has 0 bridgehead atoms. The van der Waals surface area contributed by atoms with Gasteiger partial charge in [-0.1, -0.05) is 13.0 Å². The van der Waals surface area contributed by atoms with Crippen LogP contribution < -0.4 is 0 Å². The van der Waals surface area contributed by atoms with Gasteiger partial charge in [-0.15, -0.1) is 0 Å². The lowest BCUT2D eigenvalue weighted by atomic mass is 9.45. The molecule has 4 rings (SSSR count). The summed E-state index contributed by atoms with van der Waals surface area (Å²) in [4.78, 5) is 35.3. The van der Waals surface area contributed by atoms with Crippen LogP contribution in [0.15, 0.2) is 23.8 Å². The Kier molecular flexibility index (Phi) is 4.03. The third-order valence-electron chi connectivity index (χ3n) is 8.15. The first-order valence-corrected chi connectivity index (χ1v) is 9.70. The fourth-order valence-electron chi connectivity index (χ4n) is 6.78. The van der Waals surface area contributed by atoms with Gasteiger partial charge in [0.2, 0.25) is 5.78 Å². The van der Waals surface area contributed by atoms with E-state index in [1.807, 2.05) is 0 Å². The molecule has 0 spiro atoms. The molecule has 8 atom stereocenters. The van der Waals surface area contributed by atoms with Crippen molar-refractivity contribution in [3.8, 4) is 0 Å². The number of Topliss-reactive ketones (excluding diaryl/α,β-unsaturated/α-hetero) is 1. The molecule has 0 aromatic heterocycles. The van der Waals surface area contributed by atoms with Crippen molar-refractivity contribution < 1.29 is 33.4 Å². The topological polar surface area (TPSA) is 91.7 Å². The summed E-state index contributed by atoms with van der Waals surface area (Å²) in [6, 6.07) is 0. The second-order valence-corrected chi connectivity index (χ2v) is 9.25. The van der Waals surface area contributed by atoms with E-state index in [0.717, 1.165) is 6.08 Å². The van der Waals surface area contributed by atoms with Crippen LogP contribution in [0.3, 0.4) is 0 Å². The summed E-state index contributed by atoms with van der Waals surface area (Å²) in [5.74, 6) is -4.97. The molecule has 0 aromatic rings. The third kappa shape index (κ3) is 2.17. The number of ketones is 2. The van der Waals surface area contributed by atoms with E-state index in [9.17, 15) is 19.5 Å². The van der Waals surface area contributed by atoms with Crippen molar-refractivity contribution in [3.63, 3.8) is 0 Å². The first-order valence-electron chi connectivity index (χ1n) is 9.70. The number of aliphatic hydroxyl groups excluding tert-OH is 1. The van der Waals surface area contributed by atoms with Crippen molar-refractivity contribution in [2.45, 2.75) is 57.5 Å². The fraction of sp³-hybridized carbons (Fsp3) is 0.667. The van der Waals surface area contributed by atoms with Crippen LogP contribution in [-0.4, -0.2) is 45.7 Å². The lowest BCUT2D eigenvalue weighted by Crippen LogP contribution is -2.68. The molecule has 152 valence electrons. The number of aliphatic carboxylic acids is 1. The summed E-state index contributed by atoms with van der Waals surface area (Å²) in [7, 11) is 0. The molecule has 0 radical (unpaired) electrons. The number of rotatable bonds is 2. The highest BCUT2D eigenvalue weighted by molar-refractivity contribution is 6.33. The zero-order valence-corrected chi connectivity index (χ0v) is 15.8. The number of aliphatic hydroxyl groups is 1. The molecule has 0 amide bonds. The largest absolute Gasteiger partial charge is 0.475 e. The van der Waals surface area contributed by atoms with Crippen LogP contribution in [0, 0.1) is 28.6 Å². The minimum atomic E-state index is -2.19. The third-order valence-corrected chi connectivity index (χ3v) is 8.15. The van der Waals surface area contributed by atoms with Gasteiger partial charge in [0.05, 0.1) is 6.10 Å². The highest BCUT2D eigenvalue weighted by Crippen LogP contribution is 2.69. The Morgan fingerprint density at radius 1 is 1.21 bits per heavy atom. The lowest BCUT2D eigenvalue weighted by Gasteiger charge is -2.62. The lowest BCUT2D eigenvalue weighted by molar-refractivity contribution is -0.202. The average Bonchev–Trinajstić information content (AvgIpc) is 2.95. The number of hydrogen-bond donors (Lipinski definition) is 2. The summed E-state index contributed by atoms with van der Waals surface area (Å²) >= 11 is 0. The van der Waals surface area contributed by atoms with Gasteiger partial charge in [0.25, 0.3) is 0 Å². The molecule has 2 N–H and O–H groups in total. The number of carbonyl (C=O) groups is 3. The minimum Gasteiger partial charge on any atom is -0.475 e. The molecule has 0 aliphatic heterocycles.